The van der Waals surface area contributed by atoms with Crippen LogP contribution in [0.25, 0.3) is 0 Å². The summed E-state index contributed by atoms with van der Waals surface area (Å²) in [4.78, 5) is 28.0. The number of rotatable bonds is 5. The van der Waals surface area contributed by atoms with Crippen LogP contribution in [0.15, 0.2) is 24.3 Å². The van der Waals surface area contributed by atoms with Crippen molar-refractivity contribution in [3.8, 4) is 5.75 Å². The Bertz CT molecular complexity index is 560. The second-order valence-corrected chi connectivity index (χ2v) is 6.46. The fourth-order valence-corrected chi connectivity index (χ4v) is 2.66. The van der Waals surface area contributed by atoms with E-state index in [-0.39, 0.29) is 24.2 Å². The summed E-state index contributed by atoms with van der Waals surface area (Å²) in [6.45, 7) is 6.37. The van der Waals surface area contributed by atoms with Gasteiger partial charge in [0.2, 0.25) is 5.91 Å². The molecule has 0 aliphatic carbocycles. The summed E-state index contributed by atoms with van der Waals surface area (Å²) in [5.41, 5.74) is 0. The van der Waals surface area contributed by atoms with Gasteiger partial charge in [0, 0.05) is 32.6 Å². The zero-order chi connectivity index (χ0) is 17.5. The van der Waals surface area contributed by atoms with Crippen LogP contribution in [0.5, 0.6) is 5.75 Å². The Kier molecular flexibility index (Phi) is 6.58. The SMILES string of the molecule is CC(C)CC(=O)N1CCCN(C(=O)COc2ccc(F)cc2)CC1. The number of hydrogen-bond acceptors (Lipinski definition) is 3. The minimum absolute atomic E-state index is 0.0778. The van der Waals surface area contributed by atoms with Crippen LogP contribution in [-0.4, -0.2) is 54.4 Å². The summed E-state index contributed by atoms with van der Waals surface area (Å²) in [5, 5.41) is 0. The third kappa shape index (κ3) is 5.51. The van der Waals surface area contributed by atoms with E-state index < -0.39 is 0 Å². The first kappa shape index (κ1) is 18.2. The molecule has 1 heterocycles. The van der Waals surface area contributed by atoms with Gasteiger partial charge in [0.15, 0.2) is 6.61 Å². The molecular weight excluding hydrogens is 311 g/mol. The van der Waals surface area contributed by atoms with Crippen molar-refractivity contribution in [2.24, 2.45) is 5.92 Å². The standard InChI is InChI=1S/C18H25FN2O3/c1-14(2)12-17(22)20-8-3-9-21(11-10-20)18(23)13-24-16-6-4-15(19)5-7-16/h4-7,14H,3,8-13H2,1-2H3. The first-order valence-corrected chi connectivity index (χ1v) is 8.39. The molecule has 0 aromatic heterocycles. The molecule has 6 heteroatoms. The Hall–Kier alpha value is -2.11. The third-order valence-electron chi connectivity index (χ3n) is 3.96. The Balaban J connectivity index is 1.81. The summed E-state index contributed by atoms with van der Waals surface area (Å²) in [6, 6.07) is 5.59. The molecule has 0 bridgehead atoms. The molecule has 1 fully saturated rings. The average Bonchev–Trinajstić information content (AvgIpc) is 2.79. The zero-order valence-corrected chi connectivity index (χ0v) is 14.3. The Morgan fingerprint density at radius 3 is 2.21 bits per heavy atom. The zero-order valence-electron chi connectivity index (χ0n) is 14.3. The van der Waals surface area contributed by atoms with E-state index >= 15 is 0 Å². The van der Waals surface area contributed by atoms with Gasteiger partial charge in [-0.15, -0.1) is 0 Å². The molecule has 0 N–H and O–H groups in total. The maximum atomic E-state index is 12.8. The number of halogens is 1. The molecule has 0 radical (unpaired) electrons. The van der Waals surface area contributed by atoms with E-state index in [9.17, 15) is 14.0 Å². The van der Waals surface area contributed by atoms with Crippen LogP contribution >= 0.6 is 0 Å². The van der Waals surface area contributed by atoms with Gasteiger partial charge in [0.1, 0.15) is 11.6 Å². The summed E-state index contributed by atoms with van der Waals surface area (Å²) in [5.74, 6) is 0.502. The van der Waals surface area contributed by atoms with Gasteiger partial charge in [0.05, 0.1) is 0 Å². The van der Waals surface area contributed by atoms with Crippen molar-refractivity contribution in [2.45, 2.75) is 26.7 Å². The van der Waals surface area contributed by atoms with Crippen molar-refractivity contribution in [3.05, 3.63) is 30.1 Å². The Labute approximate surface area is 142 Å². The number of ether oxygens (including phenoxy) is 1. The molecule has 0 unspecified atom stereocenters. The number of benzene rings is 1. The van der Waals surface area contributed by atoms with Gasteiger partial charge in [-0.3, -0.25) is 9.59 Å². The van der Waals surface area contributed by atoms with Crippen LogP contribution < -0.4 is 4.74 Å². The lowest BCUT2D eigenvalue weighted by molar-refractivity contribution is -0.135. The molecule has 1 aliphatic rings. The topological polar surface area (TPSA) is 49.9 Å². The number of amides is 2. The molecule has 24 heavy (non-hydrogen) atoms. The highest BCUT2D eigenvalue weighted by molar-refractivity contribution is 5.78. The first-order chi connectivity index (χ1) is 11.5. The number of carbonyl (C=O) groups excluding carboxylic acids is 2. The molecule has 1 aliphatic heterocycles. The molecule has 5 nitrogen and oxygen atoms in total. The van der Waals surface area contributed by atoms with Crippen LogP contribution in [0.1, 0.15) is 26.7 Å². The van der Waals surface area contributed by atoms with E-state index in [1.807, 2.05) is 18.7 Å². The van der Waals surface area contributed by atoms with E-state index in [4.69, 9.17) is 4.74 Å². The molecular formula is C18H25FN2O3. The van der Waals surface area contributed by atoms with Crippen LogP contribution in [0.3, 0.4) is 0 Å². The lowest BCUT2D eigenvalue weighted by Crippen LogP contribution is -2.39. The highest BCUT2D eigenvalue weighted by Gasteiger charge is 2.22. The minimum Gasteiger partial charge on any atom is -0.484 e. The maximum absolute atomic E-state index is 12.8. The quantitative estimate of drug-likeness (QED) is 0.829. The first-order valence-electron chi connectivity index (χ1n) is 8.39. The van der Waals surface area contributed by atoms with Crippen molar-refractivity contribution < 1.29 is 18.7 Å². The average molecular weight is 336 g/mol. The largest absolute Gasteiger partial charge is 0.484 e. The van der Waals surface area contributed by atoms with Gasteiger partial charge in [-0.05, 0) is 36.6 Å². The van der Waals surface area contributed by atoms with Crippen LogP contribution in [0.2, 0.25) is 0 Å². The van der Waals surface area contributed by atoms with Gasteiger partial charge < -0.3 is 14.5 Å². The molecule has 0 saturated carbocycles. The smallest absolute Gasteiger partial charge is 0.260 e. The lowest BCUT2D eigenvalue weighted by atomic mass is 10.1. The van der Waals surface area contributed by atoms with Crippen LogP contribution in [-0.2, 0) is 9.59 Å². The van der Waals surface area contributed by atoms with E-state index in [1.165, 1.54) is 24.3 Å². The van der Waals surface area contributed by atoms with Gasteiger partial charge >= 0.3 is 0 Å². The van der Waals surface area contributed by atoms with Crippen LogP contribution in [0, 0.1) is 11.7 Å². The van der Waals surface area contributed by atoms with Gasteiger partial charge in [-0.25, -0.2) is 4.39 Å². The molecule has 1 aromatic carbocycles. The Morgan fingerprint density at radius 2 is 1.62 bits per heavy atom. The summed E-state index contributed by atoms with van der Waals surface area (Å²) >= 11 is 0. The third-order valence-corrected chi connectivity index (χ3v) is 3.96. The number of carbonyl (C=O) groups is 2. The van der Waals surface area contributed by atoms with Crippen molar-refractivity contribution in [3.63, 3.8) is 0 Å². The summed E-state index contributed by atoms with van der Waals surface area (Å²) in [6.07, 6.45) is 1.31. The summed E-state index contributed by atoms with van der Waals surface area (Å²) in [7, 11) is 0. The fraction of sp³-hybridized carbons (Fsp3) is 0.556. The van der Waals surface area contributed by atoms with Gasteiger partial charge in [-0.2, -0.15) is 0 Å². The molecule has 2 amide bonds. The Morgan fingerprint density at radius 1 is 1.04 bits per heavy atom. The molecule has 1 saturated heterocycles. The number of hydrogen-bond donors (Lipinski definition) is 0. The predicted octanol–water partition coefficient (Wildman–Crippen LogP) is 2.31. The van der Waals surface area contributed by atoms with E-state index in [0.717, 1.165) is 6.42 Å². The van der Waals surface area contributed by atoms with Crippen molar-refractivity contribution in [1.29, 1.82) is 0 Å². The van der Waals surface area contributed by atoms with Gasteiger partial charge in [-0.1, -0.05) is 13.8 Å². The molecule has 2 rings (SSSR count). The fourth-order valence-electron chi connectivity index (χ4n) is 2.66. The van der Waals surface area contributed by atoms with Gasteiger partial charge in [0.25, 0.3) is 5.91 Å². The molecule has 0 spiro atoms. The minimum atomic E-state index is -0.340. The summed E-state index contributed by atoms with van der Waals surface area (Å²) < 4.78 is 18.2. The normalized spacial score (nSPS) is 15.3. The highest BCUT2D eigenvalue weighted by atomic mass is 19.1. The molecule has 132 valence electrons. The van der Waals surface area contributed by atoms with E-state index in [1.54, 1.807) is 4.90 Å². The van der Waals surface area contributed by atoms with E-state index in [0.29, 0.717) is 44.3 Å². The van der Waals surface area contributed by atoms with E-state index in [2.05, 4.69) is 0 Å². The van der Waals surface area contributed by atoms with Crippen molar-refractivity contribution >= 4 is 11.8 Å². The number of nitrogens with zero attached hydrogens (tertiary/aromatic N) is 2. The molecule has 1 aromatic rings. The lowest BCUT2D eigenvalue weighted by Gasteiger charge is -2.23. The highest BCUT2D eigenvalue weighted by Crippen LogP contribution is 2.12. The predicted molar refractivity (Wildman–Crippen MR) is 89.1 cm³/mol. The maximum Gasteiger partial charge on any atom is 0.260 e. The second kappa shape index (κ2) is 8.66. The molecule has 0 atom stereocenters. The van der Waals surface area contributed by atoms with Crippen molar-refractivity contribution in [2.75, 3.05) is 32.8 Å². The van der Waals surface area contributed by atoms with Crippen LogP contribution in [0.4, 0.5) is 4.39 Å². The second-order valence-electron chi connectivity index (χ2n) is 6.46. The monoisotopic (exact) mass is 336 g/mol. The van der Waals surface area contributed by atoms with Crippen molar-refractivity contribution in [1.82, 2.24) is 9.80 Å².